The van der Waals surface area contributed by atoms with Crippen molar-refractivity contribution in [1.82, 2.24) is 4.98 Å². The van der Waals surface area contributed by atoms with E-state index in [9.17, 15) is 24.9 Å². The lowest BCUT2D eigenvalue weighted by Crippen LogP contribution is -2.32. The van der Waals surface area contributed by atoms with Gasteiger partial charge >= 0.3 is 11.9 Å². The summed E-state index contributed by atoms with van der Waals surface area (Å²) in [4.78, 5) is 27.5. The predicted octanol–water partition coefficient (Wildman–Crippen LogP) is 0.409. The summed E-state index contributed by atoms with van der Waals surface area (Å²) < 4.78 is 15.2. The molecule has 2 aromatic rings. The summed E-state index contributed by atoms with van der Waals surface area (Å²) in [5.41, 5.74) is 0.837. The molecule has 150 valence electrons. The Bertz CT molecular complexity index is 862. The topological polar surface area (TPSA) is 138 Å². The van der Waals surface area contributed by atoms with Crippen LogP contribution in [0.5, 0.6) is 0 Å². The molecule has 0 aliphatic carbocycles. The Balaban J connectivity index is 2.28. The van der Waals surface area contributed by atoms with Crippen molar-refractivity contribution in [3.05, 3.63) is 47.3 Å². The van der Waals surface area contributed by atoms with Crippen LogP contribution in [0.3, 0.4) is 0 Å². The molecule has 1 saturated heterocycles. The van der Waals surface area contributed by atoms with E-state index in [1.54, 1.807) is 30.3 Å². The van der Waals surface area contributed by atoms with Gasteiger partial charge in [-0.1, -0.05) is 30.3 Å². The molecule has 4 atom stereocenters. The highest BCUT2D eigenvalue weighted by Crippen LogP contribution is 2.42. The van der Waals surface area contributed by atoms with Gasteiger partial charge in [-0.15, -0.1) is 0 Å². The first-order valence-corrected chi connectivity index (χ1v) is 8.54. The highest BCUT2D eigenvalue weighted by Gasteiger charge is 2.47. The van der Waals surface area contributed by atoms with Crippen molar-refractivity contribution in [2.75, 3.05) is 20.8 Å². The highest BCUT2D eigenvalue weighted by molar-refractivity contribution is 6.02. The third kappa shape index (κ3) is 3.29. The fourth-order valence-corrected chi connectivity index (χ4v) is 3.36. The number of methoxy groups -OCH3 is 2. The second kappa shape index (κ2) is 8.11. The number of benzene rings is 1. The van der Waals surface area contributed by atoms with Crippen LogP contribution in [0.25, 0.3) is 11.1 Å². The van der Waals surface area contributed by atoms with Gasteiger partial charge in [0.2, 0.25) is 0 Å². The molecule has 0 spiro atoms. The zero-order chi connectivity index (χ0) is 20.4. The molecule has 9 heteroatoms. The number of H-pyrrole nitrogens is 1. The molecule has 1 aromatic carbocycles. The maximum absolute atomic E-state index is 12.4. The largest absolute Gasteiger partial charge is 0.464 e. The summed E-state index contributed by atoms with van der Waals surface area (Å²) in [6.07, 6.45) is -5.05. The van der Waals surface area contributed by atoms with E-state index in [2.05, 4.69) is 4.98 Å². The van der Waals surface area contributed by atoms with Gasteiger partial charge in [0.25, 0.3) is 0 Å². The average molecular weight is 391 g/mol. The van der Waals surface area contributed by atoms with Gasteiger partial charge in [0.1, 0.15) is 35.8 Å². The molecule has 0 amide bonds. The number of hydrogen-bond donors (Lipinski definition) is 4. The number of aliphatic hydroxyl groups is 3. The summed E-state index contributed by atoms with van der Waals surface area (Å²) in [5.74, 6) is -1.53. The van der Waals surface area contributed by atoms with Crippen LogP contribution >= 0.6 is 0 Å². The minimum atomic E-state index is -1.44. The van der Waals surface area contributed by atoms with Gasteiger partial charge in [0.05, 0.1) is 20.8 Å². The molecular formula is C19H21NO8. The Morgan fingerprint density at radius 3 is 2.18 bits per heavy atom. The molecular weight excluding hydrogens is 370 g/mol. The molecule has 0 saturated carbocycles. The fourth-order valence-electron chi connectivity index (χ4n) is 3.36. The van der Waals surface area contributed by atoms with E-state index < -0.39 is 43.0 Å². The summed E-state index contributed by atoms with van der Waals surface area (Å²) in [5, 5.41) is 30.0. The Hall–Kier alpha value is -2.72. The number of nitrogens with one attached hydrogen (secondary N) is 1. The van der Waals surface area contributed by atoms with Crippen molar-refractivity contribution in [3.63, 3.8) is 0 Å². The molecule has 3 rings (SSSR count). The van der Waals surface area contributed by atoms with Crippen molar-refractivity contribution in [2.45, 2.75) is 24.4 Å². The maximum atomic E-state index is 12.4. The van der Waals surface area contributed by atoms with Gasteiger partial charge in [0, 0.05) is 11.1 Å². The van der Waals surface area contributed by atoms with Crippen LogP contribution < -0.4 is 0 Å². The van der Waals surface area contributed by atoms with Crippen LogP contribution in [0.2, 0.25) is 0 Å². The summed E-state index contributed by atoms with van der Waals surface area (Å²) in [6.45, 7) is -0.531. The van der Waals surface area contributed by atoms with Crippen LogP contribution in [0.4, 0.5) is 0 Å². The number of esters is 2. The van der Waals surface area contributed by atoms with E-state index in [1.807, 2.05) is 0 Å². The second-order valence-corrected chi connectivity index (χ2v) is 6.27. The summed E-state index contributed by atoms with van der Waals surface area (Å²) in [6, 6.07) is 8.68. The van der Waals surface area contributed by atoms with Crippen LogP contribution in [0.15, 0.2) is 30.3 Å². The first-order chi connectivity index (χ1) is 13.4. The predicted molar refractivity (Wildman–Crippen MR) is 95.6 cm³/mol. The normalized spacial score (nSPS) is 24.2. The Morgan fingerprint density at radius 1 is 1.04 bits per heavy atom. The van der Waals surface area contributed by atoms with Crippen LogP contribution in [0, 0.1) is 0 Å². The molecule has 2 heterocycles. The summed E-state index contributed by atoms with van der Waals surface area (Å²) in [7, 11) is 2.37. The lowest BCUT2D eigenvalue weighted by atomic mass is 9.93. The standard InChI is InChI=1S/C19H21NO8/c1-26-18(24)13-11(9-6-4-3-5-7-9)12(14(20-13)19(25)27-2)17-16(23)15(22)10(8-21)28-17/h3-7,10,15-17,20-23H,8H2,1-2H3/t10-,15-,16-,17+/m1/s1. The van der Waals surface area contributed by atoms with Gasteiger partial charge in [-0.25, -0.2) is 9.59 Å². The molecule has 0 radical (unpaired) electrons. The lowest BCUT2D eigenvalue weighted by Gasteiger charge is -2.18. The van der Waals surface area contributed by atoms with E-state index in [1.165, 1.54) is 14.2 Å². The monoisotopic (exact) mass is 391 g/mol. The van der Waals surface area contributed by atoms with Crippen LogP contribution in [-0.4, -0.2) is 71.4 Å². The van der Waals surface area contributed by atoms with Gasteiger partial charge < -0.3 is 34.5 Å². The lowest BCUT2D eigenvalue weighted by molar-refractivity contribution is -0.0229. The smallest absolute Gasteiger partial charge is 0.355 e. The van der Waals surface area contributed by atoms with Gasteiger partial charge in [-0.05, 0) is 5.56 Å². The molecule has 28 heavy (non-hydrogen) atoms. The number of carbonyl (C=O) groups is 2. The Labute approximate surface area is 160 Å². The molecule has 1 aliphatic heterocycles. The van der Waals surface area contributed by atoms with Crippen molar-refractivity contribution in [1.29, 1.82) is 0 Å². The van der Waals surface area contributed by atoms with Gasteiger partial charge in [0.15, 0.2) is 0 Å². The first-order valence-electron chi connectivity index (χ1n) is 8.54. The number of aromatic nitrogens is 1. The minimum absolute atomic E-state index is 0.0261. The number of rotatable bonds is 5. The molecule has 1 fully saturated rings. The van der Waals surface area contributed by atoms with Crippen LogP contribution in [-0.2, 0) is 14.2 Å². The zero-order valence-electron chi connectivity index (χ0n) is 15.3. The van der Waals surface area contributed by atoms with E-state index in [0.717, 1.165) is 0 Å². The van der Waals surface area contributed by atoms with Crippen molar-refractivity contribution in [2.24, 2.45) is 0 Å². The molecule has 9 nitrogen and oxygen atoms in total. The Kier molecular flexibility index (Phi) is 5.80. The SMILES string of the molecule is COC(=O)c1[nH]c(C(=O)OC)c([C@@H]2O[C@H](CO)[C@@H](O)[C@H]2O)c1-c1ccccc1. The minimum Gasteiger partial charge on any atom is -0.464 e. The van der Waals surface area contributed by atoms with Gasteiger partial charge in [-0.3, -0.25) is 0 Å². The Morgan fingerprint density at radius 2 is 1.64 bits per heavy atom. The van der Waals surface area contributed by atoms with Gasteiger partial charge in [-0.2, -0.15) is 0 Å². The molecule has 1 aliphatic rings. The van der Waals surface area contributed by atoms with E-state index >= 15 is 0 Å². The molecule has 0 unspecified atom stereocenters. The first kappa shape index (κ1) is 20.0. The zero-order valence-corrected chi connectivity index (χ0v) is 15.3. The quantitative estimate of drug-likeness (QED) is 0.538. The number of hydrogen-bond acceptors (Lipinski definition) is 8. The van der Waals surface area contributed by atoms with E-state index in [4.69, 9.17) is 14.2 Å². The maximum Gasteiger partial charge on any atom is 0.355 e. The third-order valence-corrected chi connectivity index (χ3v) is 4.71. The number of ether oxygens (including phenoxy) is 3. The second-order valence-electron chi connectivity index (χ2n) is 6.27. The summed E-state index contributed by atoms with van der Waals surface area (Å²) >= 11 is 0. The van der Waals surface area contributed by atoms with E-state index in [-0.39, 0.29) is 22.5 Å². The van der Waals surface area contributed by atoms with Crippen molar-refractivity contribution < 1.29 is 39.1 Å². The molecule has 4 N–H and O–H groups in total. The number of carbonyl (C=O) groups excluding carboxylic acids is 2. The molecule has 0 bridgehead atoms. The van der Waals surface area contributed by atoms with E-state index in [0.29, 0.717) is 5.56 Å². The number of aromatic amines is 1. The highest BCUT2D eigenvalue weighted by atomic mass is 16.6. The average Bonchev–Trinajstić information content (AvgIpc) is 3.25. The number of aliphatic hydroxyl groups excluding tert-OH is 3. The molecule has 1 aromatic heterocycles. The van der Waals surface area contributed by atoms with Crippen molar-refractivity contribution >= 4 is 11.9 Å². The van der Waals surface area contributed by atoms with Crippen molar-refractivity contribution in [3.8, 4) is 11.1 Å². The third-order valence-electron chi connectivity index (χ3n) is 4.71. The fraction of sp³-hybridized carbons (Fsp3) is 0.368. The van der Waals surface area contributed by atoms with Crippen LogP contribution in [0.1, 0.15) is 32.6 Å².